The number of aromatic nitrogens is 1. The van der Waals surface area contributed by atoms with E-state index < -0.39 is 29.4 Å². The summed E-state index contributed by atoms with van der Waals surface area (Å²) in [5.41, 5.74) is -0.291. The molecule has 0 saturated heterocycles. The van der Waals surface area contributed by atoms with Gasteiger partial charge >= 0.3 is 12.1 Å². The molecule has 1 N–H and O–H groups in total. The molecule has 0 radical (unpaired) electrons. The van der Waals surface area contributed by atoms with Gasteiger partial charge in [0.1, 0.15) is 5.69 Å². The van der Waals surface area contributed by atoms with Gasteiger partial charge in [-0.25, -0.2) is 9.36 Å². The number of esters is 1. The van der Waals surface area contributed by atoms with Crippen molar-refractivity contribution in [2.75, 3.05) is 18.5 Å². The van der Waals surface area contributed by atoms with Gasteiger partial charge in [0.15, 0.2) is 0 Å². The Labute approximate surface area is 195 Å². The summed E-state index contributed by atoms with van der Waals surface area (Å²) in [5, 5.41) is 3.46. The molecule has 0 aliphatic heterocycles. The second-order valence-corrected chi connectivity index (χ2v) is 7.52. The monoisotopic (exact) mass is 470 g/mol. The Morgan fingerprint density at radius 1 is 1.00 bits per heavy atom. The molecule has 3 aromatic rings. The van der Waals surface area contributed by atoms with Crippen LogP contribution in [0, 0.1) is 0 Å². The maximum absolute atomic E-state index is 13.5. The summed E-state index contributed by atoms with van der Waals surface area (Å²) in [5.74, 6) is -2.08. The number of ether oxygens (including phenoxy) is 2. The predicted molar refractivity (Wildman–Crippen MR) is 125 cm³/mol. The first-order chi connectivity index (χ1) is 15.8. The third kappa shape index (κ3) is 4.90. The first-order valence-corrected chi connectivity index (χ1v) is 10.8. The zero-order valence-corrected chi connectivity index (χ0v) is 19.1. The van der Waals surface area contributed by atoms with Crippen molar-refractivity contribution >= 4 is 46.2 Å². The Morgan fingerprint density at radius 3 is 2.27 bits per heavy atom. The van der Waals surface area contributed by atoms with Crippen LogP contribution in [0.2, 0.25) is 5.02 Å². The van der Waals surface area contributed by atoms with Crippen molar-refractivity contribution in [2.24, 2.45) is 0 Å². The molecule has 0 aliphatic carbocycles. The van der Waals surface area contributed by atoms with E-state index in [1.807, 2.05) is 0 Å². The van der Waals surface area contributed by atoms with Crippen LogP contribution in [0.3, 0.4) is 0 Å². The van der Waals surface area contributed by atoms with E-state index in [9.17, 15) is 19.2 Å². The third-order valence-corrected chi connectivity index (χ3v) is 5.24. The number of para-hydroxylation sites is 1. The zero-order chi connectivity index (χ0) is 24.1. The summed E-state index contributed by atoms with van der Waals surface area (Å²) >= 11 is 5.90. The van der Waals surface area contributed by atoms with Gasteiger partial charge in [-0.05, 0) is 51.1 Å². The molecule has 0 spiro atoms. The van der Waals surface area contributed by atoms with Gasteiger partial charge in [0.2, 0.25) is 0 Å². The van der Waals surface area contributed by atoms with Crippen LogP contribution in [0.1, 0.15) is 42.6 Å². The fourth-order valence-corrected chi connectivity index (χ4v) is 3.61. The number of nitrogens with one attached hydrogen (secondary N) is 1. The fraction of sp³-hybridized carbons (Fsp3) is 0.250. The van der Waals surface area contributed by atoms with Gasteiger partial charge in [-0.15, -0.1) is 0 Å². The summed E-state index contributed by atoms with van der Waals surface area (Å²) < 4.78 is 11.1. The van der Waals surface area contributed by atoms with E-state index in [-0.39, 0.29) is 35.5 Å². The molecule has 1 atom stereocenters. The number of nitrogens with zero attached hydrogens (tertiary/aromatic N) is 1. The van der Waals surface area contributed by atoms with Crippen molar-refractivity contribution in [1.29, 1.82) is 0 Å². The molecule has 1 aromatic heterocycles. The Hall–Kier alpha value is -3.65. The average Bonchev–Trinajstić information content (AvgIpc) is 2.79. The van der Waals surface area contributed by atoms with Crippen molar-refractivity contribution in [3.05, 3.63) is 75.0 Å². The lowest BCUT2D eigenvalue weighted by molar-refractivity contribution is -0.144. The molecule has 2 aromatic carbocycles. The molecular formula is C24H23ClN2O6. The van der Waals surface area contributed by atoms with Crippen LogP contribution in [-0.4, -0.2) is 35.8 Å². The van der Waals surface area contributed by atoms with E-state index in [4.69, 9.17) is 21.1 Å². The summed E-state index contributed by atoms with van der Waals surface area (Å²) in [6.45, 7) is 5.06. The molecule has 1 heterocycles. The molecule has 0 aliphatic rings. The number of hydrogen-bond donors (Lipinski definition) is 1. The van der Waals surface area contributed by atoms with Gasteiger partial charge in [0.25, 0.3) is 11.5 Å². The lowest BCUT2D eigenvalue weighted by Gasteiger charge is -2.20. The molecule has 1 amide bonds. The highest BCUT2D eigenvalue weighted by Gasteiger charge is 2.29. The van der Waals surface area contributed by atoms with Crippen molar-refractivity contribution in [3.63, 3.8) is 0 Å². The molecule has 8 nitrogen and oxygen atoms in total. The van der Waals surface area contributed by atoms with E-state index in [2.05, 4.69) is 5.32 Å². The number of benzene rings is 2. The SMILES string of the molecule is CCOC(=O)C(C)c1c(NC(=O)c2ccc(Cl)cc2)c(=O)n(C(=O)OCC)c2ccccc12. The smallest absolute Gasteiger partial charge is 0.421 e. The first kappa shape index (κ1) is 24.0. The van der Waals surface area contributed by atoms with Crippen molar-refractivity contribution in [2.45, 2.75) is 26.7 Å². The van der Waals surface area contributed by atoms with Gasteiger partial charge in [0, 0.05) is 21.5 Å². The molecule has 172 valence electrons. The van der Waals surface area contributed by atoms with Crippen LogP contribution in [0.5, 0.6) is 0 Å². The Kier molecular flexibility index (Phi) is 7.50. The fourth-order valence-electron chi connectivity index (χ4n) is 3.48. The lowest BCUT2D eigenvalue weighted by atomic mass is 9.94. The summed E-state index contributed by atoms with van der Waals surface area (Å²) in [6.07, 6.45) is -0.893. The Balaban J connectivity index is 2.29. The van der Waals surface area contributed by atoms with Crippen LogP contribution >= 0.6 is 11.6 Å². The van der Waals surface area contributed by atoms with Gasteiger partial charge in [-0.2, -0.15) is 0 Å². The van der Waals surface area contributed by atoms with Gasteiger partial charge in [-0.1, -0.05) is 29.8 Å². The quantitative estimate of drug-likeness (QED) is 0.529. The Bertz CT molecular complexity index is 1270. The van der Waals surface area contributed by atoms with Crippen molar-refractivity contribution in [3.8, 4) is 0 Å². The number of fused-ring (bicyclic) bond motifs is 1. The summed E-state index contributed by atoms with van der Waals surface area (Å²) in [4.78, 5) is 51.7. The summed E-state index contributed by atoms with van der Waals surface area (Å²) in [7, 11) is 0. The predicted octanol–water partition coefficient (Wildman–Crippen LogP) is 4.58. The van der Waals surface area contributed by atoms with Crippen LogP contribution in [-0.2, 0) is 14.3 Å². The second-order valence-electron chi connectivity index (χ2n) is 7.08. The highest BCUT2D eigenvalue weighted by molar-refractivity contribution is 6.30. The molecule has 3 rings (SSSR count). The lowest BCUT2D eigenvalue weighted by Crippen LogP contribution is -2.33. The van der Waals surface area contributed by atoms with E-state index >= 15 is 0 Å². The van der Waals surface area contributed by atoms with E-state index in [1.54, 1.807) is 45.0 Å². The minimum absolute atomic E-state index is 0.0487. The zero-order valence-electron chi connectivity index (χ0n) is 18.4. The number of carbonyl (C=O) groups excluding carboxylic acids is 3. The summed E-state index contributed by atoms with van der Waals surface area (Å²) in [6, 6.07) is 12.7. The molecule has 9 heteroatoms. The number of pyridine rings is 1. The van der Waals surface area contributed by atoms with Crippen LogP contribution < -0.4 is 10.9 Å². The first-order valence-electron chi connectivity index (χ1n) is 10.4. The topological polar surface area (TPSA) is 104 Å². The molecule has 33 heavy (non-hydrogen) atoms. The average molecular weight is 471 g/mol. The molecule has 0 bridgehead atoms. The van der Waals surface area contributed by atoms with Crippen LogP contribution in [0.4, 0.5) is 10.5 Å². The number of rotatable bonds is 6. The molecule has 0 saturated carbocycles. The van der Waals surface area contributed by atoms with Gasteiger partial charge < -0.3 is 14.8 Å². The maximum Gasteiger partial charge on any atom is 0.421 e. The third-order valence-electron chi connectivity index (χ3n) is 4.99. The van der Waals surface area contributed by atoms with Gasteiger partial charge in [0.05, 0.1) is 24.6 Å². The standard InChI is InChI=1S/C24H23ClN2O6/c1-4-32-23(30)14(3)19-17-8-6-7-9-18(17)27(24(31)33-5-2)22(29)20(19)26-21(28)15-10-12-16(25)13-11-15/h6-14H,4-5H2,1-3H3,(H,26,28). The molecule has 1 unspecified atom stereocenters. The molecular weight excluding hydrogens is 448 g/mol. The minimum atomic E-state index is -0.903. The molecule has 0 fully saturated rings. The van der Waals surface area contributed by atoms with Crippen LogP contribution in [0.15, 0.2) is 53.3 Å². The normalized spacial score (nSPS) is 11.6. The highest BCUT2D eigenvalue weighted by atomic mass is 35.5. The van der Waals surface area contributed by atoms with E-state index in [1.165, 1.54) is 24.3 Å². The second kappa shape index (κ2) is 10.3. The maximum atomic E-state index is 13.5. The number of halogens is 1. The Morgan fingerprint density at radius 2 is 1.64 bits per heavy atom. The number of hydrogen-bond acceptors (Lipinski definition) is 6. The van der Waals surface area contributed by atoms with Crippen LogP contribution in [0.25, 0.3) is 10.9 Å². The van der Waals surface area contributed by atoms with Gasteiger partial charge in [-0.3, -0.25) is 14.4 Å². The number of anilines is 1. The minimum Gasteiger partial charge on any atom is -0.466 e. The largest absolute Gasteiger partial charge is 0.466 e. The van der Waals surface area contributed by atoms with E-state index in [0.29, 0.717) is 10.4 Å². The number of carbonyl (C=O) groups is 3. The number of amides is 1. The van der Waals surface area contributed by atoms with Crippen molar-refractivity contribution in [1.82, 2.24) is 4.57 Å². The van der Waals surface area contributed by atoms with E-state index in [0.717, 1.165) is 4.57 Å². The van der Waals surface area contributed by atoms with Crippen molar-refractivity contribution < 1.29 is 23.9 Å². The highest BCUT2D eigenvalue weighted by Crippen LogP contribution is 2.31.